The Morgan fingerprint density at radius 3 is 2.83 bits per heavy atom. The summed E-state index contributed by atoms with van der Waals surface area (Å²) in [5, 5.41) is 9.09. The Bertz CT molecular complexity index is 603. The molecule has 1 atom stereocenters. The highest BCUT2D eigenvalue weighted by atomic mass is 35.5. The number of carboxylic acids is 1. The zero-order valence-electron chi connectivity index (χ0n) is 13.9. The lowest BCUT2D eigenvalue weighted by molar-refractivity contribution is -0.137. The van der Waals surface area contributed by atoms with E-state index in [2.05, 4.69) is 9.97 Å². The van der Waals surface area contributed by atoms with Crippen LogP contribution in [0.5, 0.6) is 0 Å². The summed E-state index contributed by atoms with van der Waals surface area (Å²) in [6, 6.07) is 0. The molecular weight excluding hydrogens is 334 g/mol. The normalized spacial score (nSPS) is 17.2. The number of aliphatic carboxylic acids is 1. The summed E-state index contributed by atoms with van der Waals surface area (Å²) in [6.45, 7) is 4.93. The van der Waals surface area contributed by atoms with Crippen LogP contribution >= 0.6 is 11.6 Å². The van der Waals surface area contributed by atoms with Crippen molar-refractivity contribution in [3.8, 4) is 0 Å². The quantitative estimate of drug-likeness (QED) is 0.807. The maximum absolute atomic E-state index is 12.8. The highest BCUT2D eigenvalue weighted by molar-refractivity contribution is 6.33. The molecule has 0 unspecified atom stereocenters. The fraction of sp³-hybridized carbons (Fsp3) is 0.625. The summed E-state index contributed by atoms with van der Waals surface area (Å²) >= 11 is 6.10. The lowest BCUT2D eigenvalue weighted by Crippen LogP contribution is -2.39. The first-order chi connectivity index (χ1) is 11.4. The summed E-state index contributed by atoms with van der Waals surface area (Å²) in [5.74, 6) is -0.768. The average Bonchev–Trinajstić information content (AvgIpc) is 3.03. The number of ether oxygens (including phenoxy) is 1. The van der Waals surface area contributed by atoms with Crippen LogP contribution in [0.1, 0.15) is 55.3 Å². The van der Waals surface area contributed by atoms with E-state index in [0.29, 0.717) is 19.0 Å². The Morgan fingerprint density at radius 1 is 1.50 bits per heavy atom. The van der Waals surface area contributed by atoms with Crippen molar-refractivity contribution in [1.82, 2.24) is 14.9 Å². The maximum atomic E-state index is 12.8. The van der Waals surface area contributed by atoms with Gasteiger partial charge in [0.2, 0.25) is 0 Å². The fourth-order valence-electron chi connectivity index (χ4n) is 2.50. The van der Waals surface area contributed by atoms with Crippen molar-refractivity contribution in [3.05, 3.63) is 22.7 Å². The van der Waals surface area contributed by atoms with E-state index in [0.717, 1.165) is 12.8 Å². The van der Waals surface area contributed by atoms with Gasteiger partial charge in [-0.2, -0.15) is 0 Å². The van der Waals surface area contributed by atoms with Gasteiger partial charge < -0.3 is 14.7 Å². The van der Waals surface area contributed by atoms with Crippen molar-refractivity contribution in [2.24, 2.45) is 0 Å². The van der Waals surface area contributed by atoms with Crippen molar-refractivity contribution in [3.63, 3.8) is 0 Å². The number of carbonyl (C=O) groups is 2. The molecule has 1 aromatic heterocycles. The molecule has 2 heterocycles. The zero-order valence-corrected chi connectivity index (χ0v) is 14.6. The van der Waals surface area contributed by atoms with E-state index >= 15 is 0 Å². The van der Waals surface area contributed by atoms with Crippen molar-refractivity contribution in [1.29, 1.82) is 0 Å². The molecule has 1 amide bonds. The summed E-state index contributed by atoms with van der Waals surface area (Å²) in [6.07, 6.45) is 2.99. The minimum atomic E-state index is -0.961. The number of carbonyl (C=O) groups excluding carboxylic acids is 1. The molecule has 1 aliphatic rings. The van der Waals surface area contributed by atoms with Gasteiger partial charge >= 0.3 is 5.97 Å². The number of nitrogens with zero attached hydrogens (tertiary/aromatic N) is 3. The topological polar surface area (TPSA) is 92.6 Å². The van der Waals surface area contributed by atoms with E-state index in [-0.39, 0.29) is 41.6 Å². The molecule has 7 nitrogen and oxygen atoms in total. The molecular formula is C16H22ClN3O4. The first-order valence-electron chi connectivity index (χ1n) is 8.03. The Morgan fingerprint density at radius 2 is 2.25 bits per heavy atom. The molecule has 1 N–H and O–H groups in total. The van der Waals surface area contributed by atoms with Crippen molar-refractivity contribution >= 4 is 23.5 Å². The number of hydrogen-bond acceptors (Lipinski definition) is 5. The van der Waals surface area contributed by atoms with Crippen LogP contribution in [0.3, 0.4) is 0 Å². The molecule has 2 rings (SSSR count). The molecule has 1 aromatic rings. The highest BCUT2D eigenvalue weighted by Gasteiger charge is 2.26. The number of rotatable bonds is 7. The van der Waals surface area contributed by atoms with Gasteiger partial charge in [0.1, 0.15) is 5.82 Å². The average molecular weight is 356 g/mol. The highest BCUT2D eigenvalue weighted by Crippen LogP contribution is 2.20. The smallest absolute Gasteiger partial charge is 0.305 e. The van der Waals surface area contributed by atoms with Crippen LogP contribution in [-0.2, 0) is 9.53 Å². The van der Waals surface area contributed by atoms with E-state index in [1.165, 1.54) is 11.1 Å². The van der Waals surface area contributed by atoms with Crippen LogP contribution < -0.4 is 0 Å². The maximum Gasteiger partial charge on any atom is 0.305 e. The van der Waals surface area contributed by atoms with Gasteiger partial charge in [0.15, 0.2) is 5.69 Å². The summed E-state index contributed by atoms with van der Waals surface area (Å²) in [7, 11) is 0. The van der Waals surface area contributed by atoms with Crippen LogP contribution in [0.15, 0.2) is 6.20 Å². The molecule has 132 valence electrons. The second kappa shape index (κ2) is 8.39. The molecule has 8 heteroatoms. The second-order valence-electron chi connectivity index (χ2n) is 6.11. The van der Waals surface area contributed by atoms with Gasteiger partial charge in [-0.15, -0.1) is 0 Å². The number of halogens is 1. The third kappa shape index (κ3) is 4.88. The number of aromatic nitrogens is 2. The molecule has 1 aliphatic heterocycles. The molecule has 1 saturated heterocycles. The number of amides is 1. The van der Waals surface area contributed by atoms with Crippen molar-refractivity contribution in [2.75, 3.05) is 19.7 Å². The summed E-state index contributed by atoms with van der Waals surface area (Å²) < 4.78 is 5.56. The molecule has 0 aromatic carbocycles. The SMILES string of the molecule is CC(C)c1ncc(Cl)c(C(=O)N(CCC(=O)O)C[C@@H]2CCCO2)n1. The van der Waals surface area contributed by atoms with Crippen LogP contribution in [0.4, 0.5) is 0 Å². The van der Waals surface area contributed by atoms with Crippen molar-refractivity contribution < 1.29 is 19.4 Å². The first kappa shape index (κ1) is 18.6. The van der Waals surface area contributed by atoms with Gasteiger partial charge in [-0.3, -0.25) is 9.59 Å². The van der Waals surface area contributed by atoms with Gasteiger partial charge in [-0.05, 0) is 12.8 Å². The molecule has 0 aliphatic carbocycles. The van der Waals surface area contributed by atoms with E-state index in [4.69, 9.17) is 21.4 Å². The molecule has 1 fully saturated rings. The zero-order chi connectivity index (χ0) is 17.7. The Kier molecular flexibility index (Phi) is 6.51. The third-order valence-electron chi connectivity index (χ3n) is 3.81. The second-order valence-corrected chi connectivity index (χ2v) is 6.52. The van der Waals surface area contributed by atoms with Crippen LogP contribution in [0.25, 0.3) is 0 Å². The van der Waals surface area contributed by atoms with Gasteiger partial charge in [-0.1, -0.05) is 25.4 Å². The minimum Gasteiger partial charge on any atom is -0.481 e. The molecule has 0 saturated carbocycles. The summed E-state index contributed by atoms with van der Waals surface area (Å²) in [4.78, 5) is 33.6. The largest absolute Gasteiger partial charge is 0.481 e. The summed E-state index contributed by atoms with van der Waals surface area (Å²) in [5.41, 5.74) is 0.110. The molecule has 0 bridgehead atoms. The van der Waals surface area contributed by atoms with E-state index in [1.807, 2.05) is 13.8 Å². The van der Waals surface area contributed by atoms with Crippen molar-refractivity contribution in [2.45, 2.75) is 45.1 Å². The van der Waals surface area contributed by atoms with Crippen LogP contribution in [0.2, 0.25) is 5.02 Å². The number of hydrogen-bond donors (Lipinski definition) is 1. The predicted molar refractivity (Wildman–Crippen MR) is 88.3 cm³/mol. The van der Waals surface area contributed by atoms with Gasteiger partial charge in [-0.25, -0.2) is 9.97 Å². The molecule has 0 spiro atoms. The monoisotopic (exact) mass is 355 g/mol. The lowest BCUT2D eigenvalue weighted by Gasteiger charge is -2.25. The van der Waals surface area contributed by atoms with Gasteiger partial charge in [0, 0.05) is 25.6 Å². The molecule has 24 heavy (non-hydrogen) atoms. The lowest BCUT2D eigenvalue weighted by atomic mass is 10.2. The number of carboxylic acid groups (broad SMARTS) is 1. The third-order valence-corrected chi connectivity index (χ3v) is 4.09. The van der Waals surface area contributed by atoms with Gasteiger partial charge in [0.25, 0.3) is 5.91 Å². The molecule has 0 radical (unpaired) electrons. The van der Waals surface area contributed by atoms with E-state index in [1.54, 1.807) is 0 Å². The van der Waals surface area contributed by atoms with E-state index in [9.17, 15) is 9.59 Å². The Balaban J connectivity index is 2.21. The Hall–Kier alpha value is -1.73. The fourth-order valence-corrected chi connectivity index (χ4v) is 2.67. The van der Waals surface area contributed by atoms with Crippen LogP contribution in [0, 0.1) is 0 Å². The standard InChI is InChI=1S/C16H22ClN3O4/c1-10(2)15-18-8-12(17)14(19-15)16(23)20(6-5-13(21)22)9-11-4-3-7-24-11/h8,10-11H,3-7,9H2,1-2H3,(H,21,22)/t11-/m0/s1. The van der Waals surface area contributed by atoms with Gasteiger partial charge in [0.05, 0.1) is 23.7 Å². The van der Waals surface area contributed by atoms with Crippen LogP contribution in [-0.4, -0.2) is 57.7 Å². The first-order valence-corrected chi connectivity index (χ1v) is 8.41. The minimum absolute atomic E-state index is 0.0550. The van der Waals surface area contributed by atoms with E-state index < -0.39 is 5.97 Å². The Labute approximate surface area is 146 Å². The predicted octanol–water partition coefficient (Wildman–Crippen LogP) is 2.35.